The Kier molecular flexibility index (Phi) is 5.30. The number of likely N-dealkylation sites (tertiary alicyclic amines) is 1. The second-order valence-electron chi connectivity index (χ2n) is 7.70. The Hall–Kier alpha value is -2.14. The number of rotatable bonds is 4. The largest absolute Gasteiger partial charge is 0.360 e. The SMILES string of the molecule is CCCN1CCCCC1C(=O)N1CC=C(c2c[nH]c3cc(F)ccc23)CC1. The minimum atomic E-state index is -0.227. The van der Waals surface area contributed by atoms with Gasteiger partial charge in [-0.25, -0.2) is 4.39 Å². The van der Waals surface area contributed by atoms with E-state index in [0.29, 0.717) is 12.5 Å². The standard InChI is InChI=1S/C22H28FN3O/c1-2-10-25-11-4-3-5-21(25)22(27)26-12-8-16(9-13-26)19-15-24-20-14-17(23)6-7-18(19)20/h6-8,14-15,21,24H,2-5,9-13H2,1H3. The second kappa shape index (κ2) is 7.85. The summed E-state index contributed by atoms with van der Waals surface area (Å²) in [6, 6.07) is 4.93. The topological polar surface area (TPSA) is 39.3 Å². The van der Waals surface area contributed by atoms with Gasteiger partial charge in [0.05, 0.1) is 6.04 Å². The number of H-pyrrole nitrogens is 1. The second-order valence-corrected chi connectivity index (χ2v) is 7.70. The molecule has 1 fully saturated rings. The van der Waals surface area contributed by atoms with Gasteiger partial charge in [0.25, 0.3) is 0 Å². The number of halogens is 1. The van der Waals surface area contributed by atoms with Crippen molar-refractivity contribution in [2.24, 2.45) is 0 Å². The van der Waals surface area contributed by atoms with Crippen LogP contribution >= 0.6 is 0 Å². The van der Waals surface area contributed by atoms with Crippen molar-refractivity contribution < 1.29 is 9.18 Å². The van der Waals surface area contributed by atoms with Crippen molar-refractivity contribution in [1.29, 1.82) is 0 Å². The fourth-order valence-electron chi connectivity index (χ4n) is 4.51. The summed E-state index contributed by atoms with van der Waals surface area (Å²) in [4.78, 5) is 20.6. The van der Waals surface area contributed by atoms with Crippen molar-refractivity contribution in [3.05, 3.63) is 41.9 Å². The maximum Gasteiger partial charge on any atom is 0.240 e. The van der Waals surface area contributed by atoms with Crippen molar-refractivity contribution in [2.75, 3.05) is 26.2 Å². The van der Waals surface area contributed by atoms with Crippen molar-refractivity contribution in [1.82, 2.24) is 14.8 Å². The first-order valence-electron chi connectivity index (χ1n) is 10.2. The number of benzene rings is 1. The molecule has 0 radical (unpaired) electrons. The first kappa shape index (κ1) is 18.2. The third-order valence-electron chi connectivity index (χ3n) is 5.92. The van der Waals surface area contributed by atoms with E-state index in [4.69, 9.17) is 0 Å². The number of fused-ring (bicyclic) bond motifs is 1. The molecule has 1 amide bonds. The van der Waals surface area contributed by atoms with Gasteiger partial charge in [-0.3, -0.25) is 9.69 Å². The highest BCUT2D eigenvalue weighted by Crippen LogP contribution is 2.30. The average molecular weight is 369 g/mol. The van der Waals surface area contributed by atoms with Crippen LogP contribution in [0.4, 0.5) is 4.39 Å². The molecule has 2 aromatic rings. The fourth-order valence-corrected chi connectivity index (χ4v) is 4.51. The van der Waals surface area contributed by atoms with Gasteiger partial charge in [-0.05, 0) is 62.5 Å². The average Bonchev–Trinajstić information content (AvgIpc) is 3.11. The number of hydrogen-bond acceptors (Lipinski definition) is 2. The van der Waals surface area contributed by atoms with E-state index in [9.17, 15) is 9.18 Å². The van der Waals surface area contributed by atoms with Crippen LogP contribution in [0.3, 0.4) is 0 Å². The number of carbonyl (C=O) groups excluding carboxylic acids is 1. The van der Waals surface area contributed by atoms with Crippen LogP contribution in [-0.2, 0) is 4.79 Å². The summed E-state index contributed by atoms with van der Waals surface area (Å²) in [6.07, 6.45) is 9.40. The van der Waals surface area contributed by atoms with E-state index in [0.717, 1.165) is 61.8 Å². The molecule has 0 saturated carbocycles. The first-order valence-corrected chi connectivity index (χ1v) is 10.2. The van der Waals surface area contributed by atoms with Gasteiger partial charge in [0, 0.05) is 35.8 Å². The maximum absolute atomic E-state index is 13.4. The van der Waals surface area contributed by atoms with Gasteiger partial charge in [-0.1, -0.05) is 19.4 Å². The van der Waals surface area contributed by atoms with Crippen LogP contribution in [0.25, 0.3) is 16.5 Å². The summed E-state index contributed by atoms with van der Waals surface area (Å²) in [6.45, 7) is 5.66. The van der Waals surface area contributed by atoms with E-state index in [1.54, 1.807) is 0 Å². The lowest BCUT2D eigenvalue weighted by Crippen LogP contribution is -2.51. The van der Waals surface area contributed by atoms with Crippen LogP contribution in [0.1, 0.15) is 44.6 Å². The third kappa shape index (κ3) is 3.65. The maximum atomic E-state index is 13.4. The molecule has 144 valence electrons. The van der Waals surface area contributed by atoms with E-state index in [1.165, 1.54) is 24.1 Å². The summed E-state index contributed by atoms with van der Waals surface area (Å²) in [5, 5.41) is 1.05. The molecule has 0 bridgehead atoms. The number of amides is 1. The predicted molar refractivity (Wildman–Crippen MR) is 107 cm³/mol. The van der Waals surface area contributed by atoms with E-state index >= 15 is 0 Å². The molecule has 2 aliphatic rings. The van der Waals surface area contributed by atoms with Crippen molar-refractivity contribution in [3.8, 4) is 0 Å². The first-order chi connectivity index (χ1) is 13.2. The van der Waals surface area contributed by atoms with Gasteiger partial charge in [0.1, 0.15) is 5.82 Å². The number of carbonyl (C=O) groups is 1. The number of aromatic nitrogens is 1. The summed E-state index contributed by atoms with van der Waals surface area (Å²) in [5.74, 6) is 0.0638. The molecule has 4 rings (SSSR count). The van der Waals surface area contributed by atoms with Gasteiger partial charge in [0.15, 0.2) is 0 Å². The van der Waals surface area contributed by atoms with Gasteiger partial charge >= 0.3 is 0 Å². The molecule has 1 atom stereocenters. The third-order valence-corrected chi connectivity index (χ3v) is 5.92. The van der Waals surface area contributed by atoms with Gasteiger partial charge in [-0.2, -0.15) is 0 Å². The Morgan fingerprint density at radius 3 is 2.96 bits per heavy atom. The smallest absolute Gasteiger partial charge is 0.240 e. The fraction of sp³-hybridized carbons (Fsp3) is 0.500. The van der Waals surface area contributed by atoms with Crippen LogP contribution in [0.5, 0.6) is 0 Å². The minimum absolute atomic E-state index is 0.0599. The molecule has 1 unspecified atom stereocenters. The molecule has 1 aromatic carbocycles. The molecule has 2 aliphatic heterocycles. The molecular weight excluding hydrogens is 341 g/mol. The van der Waals surface area contributed by atoms with Crippen LogP contribution < -0.4 is 0 Å². The van der Waals surface area contributed by atoms with E-state index in [1.807, 2.05) is 17.2 Å². The van der Waals surface area contributed by atoms with Gasteiger partial charge in [0.2, 0.25) is 5.91 Å². The molecule has 0 aliphatic carbocycles. The monoisotopic (exact) mass is 369 g/mol. The highest BCUT2D eigenvalue weighted by Gasteiger charge is 2.32. The van der Waals surface area contributed by atoms with E-state index in [2.05, 4.69) is 22.9 Å². The van der Waals surface area contributed by atoms with Crippen molar-refractivity contribution in [2.45, 2.75) is 45.1 Å². The molecule has 1 saturated heterocycles. The van der Waals surface area contributed by atoms with Crippen molar-refractivity contribution in [3.63, 3.8) is 0 Å². The predicted octanol–water partition coefficient (Wildman–Crippen LogP) is 4.19. The molecule has 0 spiro atoms. The van der Waals surface area contributed by atoms with E-state index in [-0.39, 0.29) is 11.9 Å². The van der Waals surface area contributed by atoms with Crippen LogP contribution in [0.2, 0.25) is 0 Å². The summed E-state index contributed by atoms with van der Waals surface area (Å²) in [5.41, 5.74) is 3.19. The molecule has 5 heteroatoms. The summed E-state index contributed by atoms with van der Waals surface area (Å²) >= 11 is 0. The molecule has 1 aromatic heterocycles. The number of aromatic amines is 1. The number of nitrogens with one attached hydrogen (secondary N) is 1. The molecule has 3 heterocycles. The van der Waals surface area contributed by atoms with Gasteiger partial charge < -0.3 is 9.88 Å². The minimum Gasteiger partial charge on any atom is -0.360 e. The Morgan fingerprint density at radius 2 is 2.19 bits per heavy atom. The molecule has 27 heavy (non-hydrogen) atoms. The summed E-state index contributed by atoms with van der Waals surface area (Å²) in [7, 11) is 0. The van der Waals surface area contributed by atoms with Crippen LogP contribution in [-0.4, -0.2) is 52.9 Å². The molecule has 1 N–H and O–H groups in total. The molecule has 4 nitrogen and oxygen atoms in total. The lowest BCUT2D eigenvalue weighted by Gasteiger charge is -2.38. The summed E-state index contributed by atoms with van der Waals surface area (Å²) < 4.78 is 13.4. The lowest BCUT2D eigenvalue weighted by molar-refractivity contribution is -0.137. The Balaban J connectivity index is 1.48. The van der Waals surface area contributed by atoms with Gasteiger partial charge in [-0.15, -0.1) is 0 Å². The van der Waals surface area contributed by atoms with E-state index < -0.39 is 0 Å². The zero-order valence-corrected chi connectivity index (χ0v) is 16.0. The number of hydrogen-bond donors (Lipinski definition) is 1. The Bertz CT molecular complexity index is 854. The quantitative estimate of drug-likeness (QED) is 0.878. The van der Waals surface area contributed by atoms with Crippen LogP contribution in [0, 0.1) is 5.82 Å². The zero-order chi connectivity index (χ0) is 18.8. The highest BCUT2D eigenvalue weighted by molar-refractivity contribution is 5.93. The highest BCUT2D eigenvalue weighted by atomic mass is 19.1. The Morgan fingerprint density at radius 1 is 1.30 bits per heavy atom. The normalized spacial score (nSPS) is 21.5. The van der Waals surface area contributed by atoms with Crippen LogP contribution in [0.15, 0.2) is 30.5 Å². The zero-order valence-electron chi connectivity index (χ0n) is 16.0. The molecular formula is C22H28FN3O. The van der Waals surface area contributed by atoms with Crippen molar-refractivity contribution >= 4 is 22.4 Å². The Labute approximate surface area is 160 Å². The number of piperidine rings is 1. The number of nitrogens with zero attached hydrogens (tertiary/aromatic N) is 2. The lowest BCUT2D eigenvalue weighted by atomic mass is 9.96.